The Balaban J connectivity index is 2.23. The fourth-order valence-electron chi connectivity index (χ4n) is 2.32. The molecule has 16 heavy (non-hydrogen) atoms. The van der Waals surface area contributed by atoms with E-state index in [1.54, 1.807) is 0 Å². The van der Waals surface area contributed by atoms with Crippen LogP contribution in [0.1, 0.15) is 44.2 Å². The van der Waals surface area contributed by atoms with Crippen LogP contribution in [-0.2, 0) is 12.0 Å². The van der Waals surface area contributed by atoms with E-state index < -0.39 is 5.60 Å². The summed E-state index contributed by atoms with van der Waals surface area (Å²) in [5.41, 5.74) is 1.52. The summed E-state index contributed by atoms with van der Waals surface area (Å²) in [5.74, 6) is 0.633. The molecule has 2 heteroatoms. The molecule has 88 valence electrons. The Morgan fingerprint density at radius 3 is 2.50 bits per heavy atom. The van der Waals surface area contributed by atoms with E-state index in [0.29, 0.717) is 5.92 Å². The molecule has 1 saturated carbocycles. The van der Waals surface area contributed by atoms with E-state index in [0.717, 1.165) is 36.3 Å². The number of hydrogen-bond acceptors (Lipinski definition) is 1. The van der Waals surface area contributed by atoms with Crippen molar-refractivity contribution in [2.24, 2.45) is 5.92 Å². The van der Waals surface area contributed by atoms with Crippen molar-refractivity contribution in [1.29, 1.82) is 0 Å². The average Bonchev–Trinajstić information content (AvgIpc) is 2.13. The molecule has 0 bridgehead atoms. The van der Waals surface area contributed by atoms with Gasteiger partial charge >= 0.3 is 0 Å². The molecule has 0 amide bonds. The largest absolute Gasteiger partial charge is 0.385 e. The third-order valence-corrected chi connectivity index (χ3v) is 3.67. The molecule has 1 aromatic carbocycles. The molecule has 2 rings (SSSR count). The van der Waals surface area contributed by atoms with Gasteiger partial charge in [0.05, 0.1) is 5.60 Å². The first-order chi connectivity index (χ1) is 7.51. The van der Waals surface area contributed by atoms with Gasteiger partial charge in [0.2, 0.25) is 0 Å². The molecule has 1 aliphatic rings. The maximum Gasteiger partial charge on any atom is 0.0911 e. The number of rotatable bonds is 3. The van der Waals surface area contributed by atoms with Crippen molar-refractivity contribution in [2.45, 2.75) is 45.1 Å². The molecule has 0 aromatic heterocycles. The van der Waals surface area contributed by atoms with Gasteiger partial charge in [0.25, 0.3) is 0 Å². The minimum atomic E-state index is -0.645. The van der Waals surface area contributed by atoms with Crippen LogP contribution in [0, 0.1) is 5.92 Å². The van der Waals surface area contributed by atoms with Crippen LogP contribution in [0.25, 0.3) is 0 Å². The highest BCUT2D eigenvalue weighted by Crippen LogP contribution is 2.43. The van der Waals surface area contributed by atoms with Crippen LogP contribution in [-0.4, -0.2) is 5.11 Å². The summed E-state index contributed by atoms with van der Waals surface area (Å²) < 4.78 is 0. The third kappa shape index (κ3) is 2.26. The van der Waals surface area contributed by atoms with Crippen molar-refractivity contribution in [3.05, 3.63) is 34.3 Å². The number of hydrogen-bond donors (Lipinski definition) is 1. The highest BCUT2D eigenvalue weighted by Gasteiger charge is 2.37. The van der Waals surface area contributed by atoms with Crippen LogP contribution in [0.3, 0.4) is 0 Å². The van der Waals surface area contributed by atoms with E-state index in [1.165, 1.54) is 5.56 Å². The minimum absolute atomic E-state index is 0.633. The van der Waals surface area contributed by atoms with Crippen molar-refractivity contribution in [3.63, 3.8) is 0 Å². The van der Waals surface area contributed by atoms with E-state index in [4.69, 9.17) is 11.6 Å². The first-order valence-corrected chi connectivity index (χ1v) is 6.40. The Morgan fingerprint density at radius 1 is 1.38 bits per heavy atom. The summed E-state index contributed by atoms with van der Waals surface area (Å²) in [6.45, 7) is 4.39. The fraction of sp³-hybridized carbons (Fsp3) is 0.571. The summed E-state index contributed by atoms with van der Waals surface area (Å²) in [6, 6.07) is 6.10. The summed E-state index contributed by atoms with van der Waals surface area (Å²) in [7, 11) is 0. The average molecular weight is 239 g/mol. The Bertz CT molecular complexity index is 380. The maximum absolute atomic E-state index is 10.3. The molecule has 1 N–H and O–H groups in total. The molecule has 0 spiro atoms. The molecular weight excluding hydrogens is 220 g/mol. The smallest absolute Gasteiger partial charge is 0.0911 e. The van der Waals surface area contributed by atoms with E-state index in [1.807, 2.05) is 12.1 Å². The highest BCUT2D eigenvalue weighted by molar-refractivity contribution is 6.31. The second-order valence-corrected chi connectivity index (χ2v) is 5.70. The van der Waals surface area contributed by atoms with Gasteiger partial charge in [-0.2, -0.15) is 0 Å². The lowest BCUT2D eigenvalue weighted by Crippen LogP contribution is -2.33. The van der Waals surface area contributed by atoms with Gasteiger partial charge in [-0.15, -0.1) is 0 Å². The number of aliphatic hydroxyl groups is 1. The molecule has 0 unspecified atom stereocenters. The highest BCUT2D eigenvalue weighted by atomic mass is 35.5. The first kappa shape index (κ1) is 11.9. The van der Waals surface area contributed by atoms with Gasteiger partial charge in [0.15, 0.2) is 0 Å². The van der Waals surface area contributed by atoms with Crippen molar-refractivity contribution in [3.8, 4) is 0 Å². The van der Waals surface area contributed by atoms with Crippen LogP contribution in [0.5, 0.6) is 0 Å². The van der Waals surface area contributed by atoms with E-state index in [2.05, 4.69) is 19.9 Å². The van der Waals surface area contributed by atoms with E-state index in [-0.39, 0.29) is 0 Å². The third-order valence-electron chi connectivity index (χ3n) is 3.36. The molecule has 1 aliphatic carbocycles. The van der Waals surface area contributed by atoms with Gasteiger partial charge in [-0.1, -0.05) is 37.6 Å². The van der Waals surface area contributed by atoms with Crippen LogP contribution in [0.2, 0.25) is 5.02 Å². The molecule has 1 fully saturated rings. The fourth-order valence-corrected chi connectivity index (χ4v) is 2.69. The number of benzene rings is 1. The molecule has 0 atom stereocenters. The van der Waals surface area contributed by atoms with Crippen molar-refractivity contribution in [2.75, 3.05) is 0 Å². The molecular formula is C14H19ClO. The zero-order valence-corrected chi connectivity index (χ0v) is 10.7. The topological polar surface area (TPSA) is 20.2 Å². The van der Waals surface area contributed by atoms with Crippen LogP contribution in [0.15, 0.2) is 18.2 Å². The van der Waals surface area contributed by atoms with Crippen LogP contribution < -0.4 is 0 Å². The van der Waals surface area contributed by atoms with Gasteiger partial charge < -0.3 is 5.11 Å². The quantitative estimate of drug-likeness (QED) is 0.847. The standard InChI is InChI=1S/C14H19ClO/c1-10(2)8-11-4-5-12(13(15)9-11)14(16)6-3-7-14/h4-5,9-10,16H,3,6-8H2,1-2H3. The van der Waals surface area contributed by atoms with Gasteiger partial charge in [0, 0.05) is 10.6 Å². The minimum Gasteiger partial charge on any atom is -0.385 e. The summed E-state index contributed by atoms with van der Waals surface area (Å²) in [6.07, 6.45) is 3.82. The Kier molecular flexibility index (Phi) is 3.27. The molecule has 1 nitrogen and oxygen atoms in total. The van der Waals surface area contributed by atoms with E-state index in [9.17, 15) is 5.11 Å². The maximum atomic E-state index is 10.3. The Hall–Kier alpha value is -0.530. The van der Waals surface area contributed by atoms with Crippen LogP contribution >= 0.6 is 11.6 Å². The monoisotopic (exact) mass is 238 g/mol. The zero-order chi connectivity index (χ0) is 11.8. The van der Waals surface area contributed by atoms with Crippen molar-refractivity contribution >= 4 is 11.6 Å². The lowest BCUT2D eigenvalue weighted by atomic mass is 9.75. The second kappa shape index (κ2) is 4.38. The normalized spacial score (nSPS) is 18.6. The molecule has 0 aliphatic heterocycles. The lowest BCUT2D eigenvalue weighted by molar-refractivity contribution is -0.0387. The van der Waals surface area contributed by atoms with Gasteiger partial charge in [-0.3, -0.25) is 0 Å². The van der Waals surface area contributed by atoms with Gasteiger partial charge in [-0.05, 0) is 43.2 Å². The van der Waals surface area contributed by atoms with Gasteiger partial charge in [-0.25, -0.2) is 0 Å². The SMILES string of the molecule is CC(C)Cc1ccc(C2(O)CCC2)c(Cl)c1. The first-order valence-electron chi connectivity index (χ1n) is 6.02. The van der Waals surface area contributed by atoms with Crippen molar-refractivity contribution < 1.29 is 5.11 Å². The van der Waals surface area contributed by atoms with Gasteiger partial charge in [0.1, 0.15) is 0 Å². The summed E-state index contributed by atoms with van der Waals surface area (Å²) >= 11 is 6.25. The Morgan fingerprint density at radius 2 is 2.06 bits per heavy atom. The molecule has 0 saturated heterocycles. The number of halogens is 1. The molecule has 0 radical (unpaired) electrons. The van der Waals surface area contributed by atoms with E-state index >= 15 is 0 Å². The van der Waals surface area contributed by atoms with Crippen LogP contribution in [0.4, 0.5) is 0 Å². The predicted molar refractivity (Wildman–Crippen MR) is 67.7 cm³/mol. The molecule has 1 aromatic rings. The summed E-state index contributed by atoms with van der Waals surface area (Å²) in [5, 5.41) is 11.0. The zero-order valence-electron chi connectivity index (χ0n) is 9.96. The van der Waals surface area contributed by atoms with Crippen molar-refractivity contribution in [1.82, 2.24) is 0 Å². The summed E-state index contributed by atoms with van der Waals surface area (Å²) in [4.78, 5) is 0. The lowest BCUT2D eigenvalue weighted by Gasteiger charge is -2.37. The predicted octanol–water partition coefficient (Wildman–Crippen LogP) is 3.91. The second-order valence-electron chi connectivity index (χ2n) is 5.30. The molecule has 0 heterocycles. The Labute approximate surface area is 102 Å².